The van der Waals surface area contributed by atoms with E-state index in [9.17, 15) is 0 Å². The Balaban J connectivity index is 2.07. The van der Waals surface area contributed by atoms with Crippen LogP contribution in [0.2, 0.25) is 10.0 Å². The first kappa shape index (κ1) is 14.0. The topological polar surface area (TPSA) is 21.3 Å². The molecule has 0 spiro atoms. The second-order valence-electron chi connectivity index (χ2n) is 4.80. The zero-order valence-electron chi connectivity index (χ0n) is 10.6. The Kier molecular flexibility index (Phi) is 5.16. The lowest BCUT2D eigenvalue weighted by Gasteiger charge is -2.24. The van der Waals surface area contributed by atoms with Crippen molar-refractivity contribution in [2.75, 3.05) is 13.1 Å². The Morgan fingerprint density at radius 1 is 1.33 bits per heavy atom. The highest BCUT2D eigenvalue weighted by molar-refractivity contribution is 6.34. The van der Waals surface area contributed by atoms with Gasteiger partial charge in [0.2, 0.25) is 0 Å². The molecule has 18 heavy (non-hydrogen) atoms. The van der Waals surface area contributed by atoms with Crippen molar-refractivity contribution < 1.29 is 4.74 Å². The summed E-state index contributed by atoms with van der Waals surface area (Å²) in [6.07, 6.45) is 3.62. The third-order valence-corrected chi connectivity index (χ3v) is 3.76. The molecule has 1 N–H and O–H groups in total. The van der Waals surface area contributed by atoms with Gasteiger partial charge in [-0.1, -0.05) is 36.5 Å². The van der Waals surface area contributed by atoms with Crippen LogP contribution < -0.4 is 10.1 Å². The van der Waals surface area contributed by atoms with Gasteiger partial charge in [0.25, 0.3) is 0 Å². The van der Waals surface area contributed by atoms with E-state index in [4.69, 9.17) is 27.9 Å². The van der Waals surface area contributed by atoms with E-state index in [0.29, 0.717) is 16.0 Å². The molecule has 100 valence electrons. The van der Waals surface area contributed by atoms with Gasteiger partial charge in [-0.25, -0.2) is 0 Å². The van der Waals surface area contributed by atoms with E-state index in [1.54, 1.807) is 6.07 Å². The molecule has 0 radical (unpaired) electrons. The van der Waals surface area contributed by atoms with Crippen LogP contribution >= 0.6 is 23.2 Å². The van der Waals surface area contributed by atoms with Gasteiger partial charge in [0.05, 0.1) is 0 Å². The first-order valence-corrected chi connectivity index (χ1v) is 7.28. The Labute approximate surface area is 119 Å². The van der Waals surface area contributed by atoms with Crippen molar-refractivity contribution in [1.82, 2.24) is 5.32 Å². The van der Waals surface area contributed by atoms with Crippen molar-refractivity contribution in [3.63, 3.8) is 0 Å². The summed E-state index contributed by atoms with van der Waals surface area (Å²) in [5.41, 5.74) is 0. The molecular formula is C14H19Cl2NO. The van der Waals surface area contributed by atoms with Gasteiger partial charge in [-0.15, -0.1) is 0 Å². The summed E-state index contributed by atoms with van der Waals surface area (Å²) in [4.78, 5) is 0. The monoisotopic (exact) mass is 287 g/mol. The largest absolute Gasteiger partial charge is 0.490 e. The van der Waals surface area contributed by atoms with Crippen molar-refractivity contribution in [2.24, 2.45) is 5.92 Å². The second kappa shape index (κ2) is 6.65. The van der Waals surface area contributed by atoms with E-state index < -0.39 is 0 Å². The maximum Gasteiger partial charge on any atom is 0.122 e. The standard InChI is InChI=1S/C14H19Cl2NO/c1-2-3-14(10-4-5-17-9-10)18-13-7-11(15)6-12(16)8-13/h6-8,10,14,17H,2-5,9H2,1H3/t10-,14-/m1/s1. The zero-order chi connectivity index (χ0) is 13.0. The molecule has 1 fully saturated rings. The molecule has 0 aromatic heterocycles. The SMILES string of the molecule is CCC[C@@H](Oc1cc(Cl)cc(Cl)c1)[C@@H]1CCNC1. The fourth-order valence-corrected chi connectivity index (χ4v) is 2.95. The number of nitrogens with one attached hydrogen (secondary N) is 1. The van der Waals surface area contributed by atoms with E-state index >= 15 is 0 Å². The van der Waals surface area contributed by atoms with Gasteiger partial charge >= 0.3 is 0 Å². The molecule has 0 unspecified atom stereocenters. The molecule has 4 heteroatoms. The molecule has 1 aliphatic heterocycles. The van der Waals surface area contributed by atoms with Crippen LogP contribution in [-0.2, 0) is 0 Å². The third kappa shape index (κ3) is 3.78. The average Bonchev–Trinajstić information content (AvgIpc) is 2.80. The molecule has 1 aromatic rings. The van der Waals surface area contributed by atoms with Gasteiger partial charge in [0.1, 0.15) is 11.9 Å². The van der Waals surface area contributed by atoms with Gasteiger partial charge in [0.15, 0.2) is 0 Å². The quantitative estimate of drug-likeness (QED) is 0.878. The Bertz CT molecular complexity index is 371. The summed E-state index contributed by atoms with van der Waals surface area (Å²) in [7, 11) is 0. The van der Waals surface area contributed by atoms with Crippen LogP contribution in [0.15, 0.2) is 18.2 Å². The number of benzene rings is 1. The lowest BCUT2D eigenvalue weighted by atomic mass is 9.97. The van der Waals surface area contributed by atoms with Crippen molar-refractivity contribution in [2.45, 2.75) is 32.3 Å². The molecule has 2 rings (SSSR count). The summed E-state index contributed by atoms with van der Waals surface area (Å²) in [6, 6.07) is 5.39. The highest BCUT2D eigenvalue weighted by Crippen LogP contribution is 2.28. The van der Waals surface area contributed by atoms with Crippen LogP contribution in [0.25, 0.3) is 0 Å². The van der Waals surface area contributed by atoms with Gasteiger partial charge in [-0.05, 0) is 37.6 Å². The highest BCUT2D eigenvalue weighted by atomic mass is 35.5. The molecule has 0 aliphatic carbocycles. The number of hydrogen-bond donors (Lipinski definition) is 1. The first-order valence-electron chi connectivity index (χ1n) is 6.52. The zero-order valence-corrected chi connectivity index (χ0v) is 12.1. The summed E-state index contributed by atoms with van der Waals surface area (Å²) in [6.45, 7) is 4.31. The number of rotatable bonds is 5. The number of halogens is 2. The number of hydrogen-bond acceptors (Lipinski definition) is 2. The maximum absolute atomic E-state index is 6.09. The highest BCUT2D eigenvalue weighted by Gasteiger charge is 2.25. The Morgan fingerprint density at radius 2 is 2.06 bits per heavy atom. The summed E-state index contributed by atoms with van der Waals surface area (Å²) in [5.74, 6) is 1.36. The first-order chi connectivity index (χ1) is 8.69. The third-order valence-electron chi connectivity index (χ3n) is 3.32. The second-order valence-corrected chi connectivity index (χ2v) is 5.68. The minimum absolute atomic E-state index is 0.250. The normalized spacial score (nSPS) is 20.9. The van der Waals surface area contributed by atoms with Crippen LogP contribution in [-0.4, -0.2) is 19.2 Å². The summed E-state index contributed by atoms with van der Waals surface area (Å²) >= 11 is 12.0. The number of ether oxygens (including phenoxy) is 1. The Morgan fingerprint density at radius 3 is 2.61 bits per heavy atom. The summed E-state index contributed by atoms with van der Waals surface area (Å²) < 4.78 is 6.09. The molecule has 0 saturated carbocycles. The van der Waals surface area contributed by atoms with Crippen LogP contribution in [0, 0.1) is 5.92 Å². The predicted octanol–water partition coefficient (Wildman–Crippen LogP) is 4.15. The van der Waals surface area contributed by atoms with Crippen LogP contribution in [0.3, 0.4) is 0 Å². The van der Waals surface area contributed by atoms with Gasteiger partial charge in [0, 0.05) is 22.5 Å². The average molecular weight is 288 g/mol. The Hall–Kier alpha value is -0.440. The predicted molar refractivity (Wildman–Crippen MR) is 76.8 cm³/mol. The molecule has 0 bridgehead atoms. The molecule has 1 aromatic carbocycles. The van der Waals surface area contributed by atoms with Gasteiger partial charge in [-0.2, -0.15) is 0 Å². The van der Waals surface area contributed by atoms with Crippen molar-refractivity contribution in [1.29, 1.82) is 0 Å². The molecular weight excluding hydrogens is 269 g/mol. The summed E-state index contributed by atoms with van der Waals surface area (Å²) in [5, 5.41) is 4.63. The van der Waals surface area contributed by atoms with Gasteiger partial charge < -0.3 is 10.1 Å². The molecule has 1 heterocycles. The van der Waals surface area contributed by atoms with Crippen molar-refractivity contribution in [3.8, 4) is 5.75 Å². The minimum Gasteiger partial charge on any atom is -0.490 e. The van der Waals surface area contributed by atoms with Crippen molar-refractivity contribution >= 4 is 23.2 Å². The van der Waals surface area contributed by atoms with Crippen molar-refractivity contribution in [3.05, 3.63) is 28.2 Å². The molecule has 2 nitrogen and oxygen atoms in total. The molecule has 1 saturated heterocycles. The lowest BCUT2D eigenvalue weighted by molar-refractivity contribution is 0.132. The van der Waals surface area contributed by atoms with E-state index in [0.717, 1.165) is 31.7 Å². The minimum atomic E-state index is 0.250. The lowest BCUT2D eigenvalue weighted by Crippen LogP contribution is -2.28. The fourth-order valence-electron chi connectivity index (χ4n) is 2.44. The van der Waals surface area contributed by atoms with Crippen LogP contribution in [0.4, 0.5) is 0 Å². The maximum atomic E-state index is 6.09. The molecule has 1 aliphatic rings. The van der Waals surface area contributed by atoms with E-state index in [1.165, 1.54) is 6.42 Å². The van der Waals surface area contributed by atoms with E-state index in [1.807, 2.05) is 12.1 Å². The van der Waals surface area contributed by atoms with E-state index in [2.05, 4.69) is 12.2 Å². The van der Waals surface area contributed by atoms with E-state index in [-0.39, 0.29) is 6.10 Å². The van der Waals surface area contributed by atoms with Crippen LogP contribution in [0.5, 0.6) is 5.75 Å². The molecule has 2 atom stereocenters. The fraction of sp³-hybridized carbons (Fsp3) is 0.571. The van der Waals surface area contributed by atoms with Gasteiger partial charge in [-0.3, -0.25) is 0 Å². The smallest absolute Gasteiger partial charge is 0.122 e. The molecule has 0 amide bonds. The van der Waals surface area contributed by atoms with Crippen LogP contribution in [0.1, 0.15) is 26.2 Å².